The fraction of sp³-hybridized carbons (Fsp3) is 0.211. The van der Waals surface area contributed by atoms with Gasteiger partial charge in [-0.05, 0) is 29.8 Å². The maximum absolute atomic E-state index is 12.0. The molecule has 136 valence electrons. The number of esters is 1. The summed E-state index contributed by atoms with van der Waals surface area (Å²) in [6.45, 7) is -0.204. The molecule has 2 rings (SSSR count). The Morgan fingerprint density at radius 1 is 0.923 bits per heavy atom. The zero-order valence-electron chi connectivity index (χ0n) is 14.6. The van der Waals surface area contributed by atoms with Crippen molar-refractivity contribution in [2.75, 3.05) is 26.1 Å². The van der Waals surface area contributed by atoms with Crippen molar-refractivity contribution in [3.8, 4) is 5.75 Å². The highest BCUT2D eigenvalue weighted by atomic mass is 16.5. The fourth-order valence-electron chi connectivity index (χ4n) is 2.24. The minimum Gasteiger partial charge on any atom is -0.497 e. The molecule has 7 heteroatoms. The molecular weight excluding hydrogens is 336 g/mol. The number of hydrogen-bond donors (Lipinski definition) is 2. The van der Waals surface area contributed by atoms with E-state index in [1.54, 1.807) is 55.6 Å². The molecule has 0 unspecified atom stereocenters. The molecule has 0 radical (unpaired) electrons. The summed E-state index contributed by atoms with van der Waals surface area (Å²) in [4.78, 5) is 35.6. The first-order valence-electron chi connectivity index (χ1n) is 7.90. The van der Waals surface area contributed by atoms with E-state index in [-0.39, 0.29) is 24.4 Å². The van der Waals surface area contributed by atoms with E-state index in [9.17, 15) is 14.4 Å². The molecule has 0 bridgehead atoms. The van der Waals surface area contributed by atoms with Crippen molar-refractivity contribution < 1.29 is 23.9 Å². The van der Waals surface area contributed by atoms with E-state index in [4.69, 9.17) is 4.74 Å². The van der Waals surface area contributed by atoms with E-state index in [2.05, 4.69) is 15.4 Å². The van der Waals surface area contributed by atoms with Crippen LogP contribution in [-0.2, 0) is 20.7 Å². The molecule has 0 saturated carbocycles. The summed E-state index contributed by atoms with van der Waals surface area (Å²) < 4.78 is 9.73. The first kappa shape index (κ1) is 19.0. The lowest BCUT2D eigenvalue weighted by Crippen LogP contribution is -2.34. The number of carbonyl (C=O) groups excluding carboxylic acids is 3. The van der Waals surface area contributed by atoms with E-state index < -0.39 is 11.9 Å². The predicted molar refractivity (Wildman–Crippen MR) is 96.1 cm³/mol. The maximum Gasteiger partial charge on any atom is 0.339 e. The molecule has 0 heterocycles. The number of rotatable bonds is 7. The molecule has 0 aliphatic rings. The second kappa shape index (κ2) is 9.22. The van der Waals surface area contributed by atoms with Crippen molar-refractivity contribution >= 4 is 23.5 Å². The van der Waals surface area contributed by atoms with E-state index in [0.717, 1.165) is 5.56 Å². The van der Waals surface area contributed by atoms with Crippen LogP contribution in [-0.4, -0.2) is 38.5 Å². The van der Waals surface area contributed by atoms with Crippen molar-refractivity contribution in [1.82, 2.24) is 5.32 Å². The van der Waals surface area contributed by atoms with Crippen molar-refractivity contribution in [3.05, 3.63) is 59.7 Å². The summed E-state index contributed by atoms with van der Waals surface area (Å²) in [6, 6.07) is 13.6. The maximum atomic E-state index is 12.0. The number of carbonyl (C=O) groups is 3. The Kier molecular flexibility index (Phi) is 6.73. The Balaban J connectivity index is 1.86. The molecule has 2 amide bonds. The Morgan fingerprint density at radius 2 is 1.62 bits per heavy atom. The third-order valence-electron chi connectivity index (χ3n) is 3.58. The number of para-hydroxylation sites is 1. The highest BCUT2D eigenvalue weighted by molar-refractivity contribution is 6.02. The van der Waals surface area contributed by atoms with E-state index in [1.807, 2.05) is 0 Å². The molecular formula is C19H20N2O5. The summed E-state index contributed by atoms with van der Waals surface area (Å²) in [5, 5.41) is 5.13. The first-order valence-corrected chi connectivity index (χ1v) is 7.90. The number of hydrogen-bond acceptors (Lipinski definition) is 5. The van der Waals surface area contributed by atoms with Crippen LogP contribution in [0.3, 0.4) is 0 Å². The van der Waals surface area contributed by atoms with Gasteiger partial charge in [0.05, 0.1) is 38.4 Å². The fourth-order valence-corrected chi connectivity index (χ4v) is 2.24. The zero-order chi connectivity index (χ0) is 18.9. The molecule has 2 N–H and O–H groups in total. The standard InChI is InChI=1S/C19H20N2O5/c1-25-14-9-7-13(8-10-14)11-17(22)20-12-18(23)21-16-6-4-3-5-15(16)19(24)26-2/h3-10H,11-12H2,1-2H3,(H,20,22)(H,21,23). The summed E-state index contributed by atoms with van der Waals surface area (Å²) >= 11 is 0. The highest BCUT2D eigenvalue weighted by Gasteiger charge is 2.13. The van der Waals surface area contributed by atoms with Crippen molar-refractivity contribution in [2.24, 2.45) is 0 Å². The number of anilines is 1. The van der Waals surface area contributed by atoms with Crippen LogP contribution in [0.2, 0.25) is 0 Å². The number of amides is 2. The molecule has 0 aromatic heterocycles. The van der Waals surface area contributed by atoms with Gasteiger partial charge in [-0.15, -0.1) is 0 Å². The average Bonchev–Trinajstić information content (AvgIpc) is 2.67. The normalized spacial score (nSPS) is 9.92. The van der Waals surface area contributed by atoms with Gasteiger partial charge in [-0.2, -0.15) is 0 Å². The van der Waals surface area contributed by atoms with Crippen LogP contribution < -0.4 is 15.4 Å². The Labute approximate surface area is 151 Å². The molecule has 2 aromatic rings. The van der Waals surface area contributed by atoms with Gasteiger partial charge in [-0.1, -0.05) is 24.3 Å². The van der Waals surface area contributed by atoms with Gasteiger partial charge in [0.25, 0.3) is 0 Å². The Hall–Kier alpha value is -3.35. The SMILES string of the molecule is COC(=O)c1ccccc1NC(=O)CNC(=O)Cc1ccc(OC)cc1. The zero-order valence-corrected chi connectivity index (χ0v) is 14.6. The van der Waals surface area contributed by atoms with Gasteiger partial charge >= 0.3 is 5.97 Å². The summed E-state index contributed by atoms with van der Waals surface area (Å²) in [5.41, 5.74) is 1.38. The predicted octanol–water partition coefficient (Wildman–Crippen LogP) is 1.78. The third kappa shape index (κ3) is 5.34. The topological polar surface area (TPSA) is 93.7 Å². The van der Waals surface area contributed by atoms with Gasteiger partial charge in [0.1, 0.15) is 5.75 Å². The molecule has 0 saturated heterocycles. The molecule has 0 aliphatic carbocycles. The van der Waals surface area contributed by atoms with Gasteiger partial charge in [0, 0.05) is 0 Å². The van der Waals surface area contributed by atoms with Crippen LogP contribution in [0.25, 0.3) is 0 Å². The van der Waals surface area contributed by atoms with E-state index >= 15 is 0 Å². The molecule has 26 heavy (non-hydrogen) atoms. The summed E-state index contributed by atoms with van der Waals surface area (Å²) in [6.07, 6.45) is 0.149. The number of nitrogens with one attached hydrogen (secondary N) is 2. The van der Waals surface area contributed by atoms with Crippen LogP contribution in [0.5, 0.6) is 5.75 Å². The third-order valence-corrected chi connectivity index (χ3v) is 3.58. The van der Waals surface area contributed by atoms with Gasteiger partial charge in [0.15, 0.2) is 0 Å². The summed E-state index contributed by atoms with van der Waals surface area (Å²) in [5.74, 6) is -0.571. The quantitative estimate of drug-likeness (QED) is 0.738. The number of ether oxygens (including phenoxy) is 2. The Bertz CT molecular complexity index is 787. The lowest BCUT2D eigenvalue weighted by molar-refractivity contribution is -0.123. The first-order chi connectivity index (χ1) is 12.5. The lowest BCUT2D eigenvalue weighted by Gasteiger charge is -2.10. The molecule has 7 nitrogen and oxygen atoms in total. The second-order valence-electron chi connectivity index (χ2n) is 5.39. The van der Waals surface area contributed by atoms with Crippen LogP contribution >= 0.6 is 0 Å². The minimum atomic E-state index is -0.551. The Morgan fingerprint density at radius 3 is 2.27 bits per heavy atom. The average molecular weight is 356 g/mol. The molecule has 0 fully saturated rings. The monoisotopic (exact) mass is 356 g/mol. The van der Waals surface area contributed by atoms with Crippen LogP contribution in [0, 0.1) is 0 Å². The molecule has 2 aromatic carbocycles. The summed E-state index contributed by atoms with van der Waals surface area (Å²) in [7, 11) is 2.83. The van der Waals surface area contributed by atoms with E-state index in [1.165, 1.54) is 7.11 Å². The largest absolute Gasteiger partial charge is 0.497 e. The number of benzene rings is 2. The van der Waals surface area contributed by atoms with Crippen molar-refractivity contribution in [2.45, 2.75) is 6.42 Å². The van der Waals surface area contributed by atoms with Gasteiger partial charge in [-0.25, -0.2) is 4.79 Å². The van der Waals surface area contributed by atoms with Crippen LogP contribution in [0.15, 0.2) is 48.5 Å². The van der Waals surface area contributed by atoms with Crippen molar-refractivity contribution in [1.29, 1.82) is 0 Å². The number of methoxy groups -OCH3 is 2. The van der Waals surface area contributed by atoms with Gasteiger partial charge in [0.2, 0.25) is 11.8 Å². The lowest BCUT2D eigenvalue weighted by atomic mass is 10.1. The van der Waals surface area contributed by atoms with Gasteiger partial charge in [-0.3, -0.25) is 9.59 Å². The van der Waals surface area contributed by atoms with Crippen molar-refractivity contribution in [3.63, 3.8) is 0 Å². The van der Waals surface area contributed by atoms with Crippen LogP contribution in [0.4, 0.5) is 5.69 Å². The van der Waals surface area contributed by atoms with Crippen LogP contribution in [0.1, 0.15) is 15.9 Å². The highest BCUT2D eigenvalue weighted by Crippen LogP contribution is 2.15. The van der Waals surface area contributed by atoms with Gasteiger partial charge < -0.3 is 20.1 Å². The minimum absolute atomic E-state index is 0.149. The second-order valence-corrected chi connectivity index (χ2v) is 5.39. The molecule has 0 atom stereocenters. The molecule has 0 spiro atoms. The molecule has 0 aliphatic heterocycles. The smallest absolute Gasteiger partial charge is 0.339 e. The van der Waals surface area contributed by atoms with E-state index in [0.29, 0.717) is 11.4 Å².